The average molecular weight is 215 g/mol. The van der Waals surface area contributed by atoms with Gasteiger partial charge in [-0.25, -0.2) is 9.67 Å². The van der Waals surface area contributed by atoms with E-state index < -0.39 is 5.60 Å². The Morgan fingerprint density at radius 1 is 1.25 bits per heavy atom. The lowest BCUT2D eigenvalue weighted by Gasteiger charge is -2.08. The van der Waals surface area contributed by atoms with Crippen LogP contribution in [0.5, 0.6) is 0 Å². The predicted molar refractivity (Wildman–Crippen MR) is 59.2 cm³/mol. The minimum Gasteiger partial charge on any atom is -0.390 e. The van der Waals surface area contributed by atoms with Gasteiger partial charge in [0.1, 0.15) is 12.7 Å². The highest BCUT2D eigenvalue weighted by Crippen LogP contribution is 2.38. The normalized spacial score (nSPS) is 17.3. The Hall–Kier alpha value is -1.68. The van der Waals surface area contributed by atoms with Gasteiger partial charge in [0.15, 0.2) is 0 Å². The highest BCUT2D eigenvalue weighted by atomic mass is 16.3. The van der Waals surface area contributed by atoms with Crippen LogP contribution < -0.4 is 0 Å². The van der Waals surface area contributed by atoms with Crippen molar-refractivity contribution in [3.8, 4) is 5.69 Å². The van der Waals surface area contributed by atoms with Crippen LogP contribution in [0, 0.1) is 0 Å². The fourth-order valence-electron chi connectivity index (χ4n) is 1.81. The molecule has 0 bridgehead atoms. The molecule has 1 heterocycles. The SMILES string of the molecule is OC1(Cc2ccc(-n3cncn3)cc2)CC1. The Balaban J connectivity index is 1.80. The van der Waals surface area contributed by atoms with Gasteiger partial charge in [-0.2, -0.15) is 5.10 Å². The number of aromatic nitrogens is 3. The topological polar surface area (TPSA) is 50.9 Å². The van der Waals surface area contributed by atoms with E-state index in [0.29, 0.717) is 0 Å². The Labute approximate surface area is 93.6 Å². The van der Waals surface area contributed by atoms with E-state index in [2.05, 4.69) is 10.1 Å². The van der Waals surface area contributed by atoms with Gasteiger partial charge < -0.3 is 5.11 Å². The molecule has 1 N–H and O–H groups in total. The zero-order valence-corrected chi connectivity index (χ0v) is 8.87. The number of nitrogens with zero attached hydrogens (tertiary/aromatic N) is 3. The molecule has 0 atom stereocenters. The molecule has 0 spiro atoms. The first-order valence-electron chi connectivity index (χ1n) is 5.42. The Morgan fingerprint density at radius 3 is 2.56 bits per heavy atom. The van der Waals surface area contributed by atoms with Gasteiger partial charge in [0.25, 0.3) is 0 Å². The van der Waals surface area contributed by atoms with Crippen LogP contribution in [0.15, 0.2) is 36.9 Å². The molecule has 1 saturated carbocycles. The van der Waals surface area contributed by atoms with E-state index >= 15 is 0 Å². The molecule has 0 unspecified atom stereocenters. The molecule has 1 aromatic carbocycles. The van der Waals surface area contributed by atoms with Crippen molar-refractivity contribution in [3.63, 3.8) is 0 Å². The summed E-state index contributed by atoms with van der Waals surface area (Å²) in [4.78, 5) is 3.90. The van der Waals surface area contributed by atoms with Crippen LogP contribution in [-0.2, 0) is 6.42 Å². The minimum atomic E-state index is -0.422. The maximum absolute atomic E-state index is 9.81. The second kappa shape index (κ2) is 3.42. The molecule has 1 fully saturated rings. The first-order valence-corrected chi connectivity index (χ1v) is 5.42. The summed E-state index contributed by atoms with van der Waals surface area (Å²) in [5.41, 5.74) is 1.74. The molecule has 4 nitrogen and oxygen atoms in total. The molecule has 4 heteroatoms. The maximum Gasteiger partial charge on any atom is 0.138 e. The first-order chi connectivity index (χ1) is 7.75. The molecule has 0 amide bonds. The van der Waals surface area contributed by atoms with Gasteiger partial charge in [-0.3, -0.25) is 0 Å². The molecule has 1 aliphatic carbocycles. The van der Waals surface area contributed by atoms with E-state index in [1.165, 1.54) is 11.9 Å². The Kier molecular flexibility index (Phi) is 2.04. The number of rotatable bonds is 3. The fourth-order valence-corrected chi connectivity index (χ4v) is 1.81. The van der Waals surface area contributed by atoms with Crippen molar-refractivity contribution in [2.75, 3.05) is 0 Å². The summed E-state index contributed by atoms with van der Waals surface area (Å²) < 4.78 is 1.72. The number of benzene rings is 1. The van der Waals surface area contributed by atoms with Crippen LogP contribution in [0.4, 0.5) is 0 Å². The van der Waals surface area contributed by atoms with Crippen LogP contribution in [0.25, 0.3) is 5.69 Å². The van der Waals surface area contributed by atoms with Crippen molar-refractivity contribution in [2.24, 2.45) is 0 Å². The second-order valence-corrected chi connectivity index (χ2v) is 4.41. The lowest BCUT2D eigenvalue weighted by molar-refractivity contribution is 0.151. The summed E-state index contributed by atoms with van der Waals surface area (Å²) in [7, 11) is 0. The molecule has 82 valence electrons. The van der Waals surface area contributed by atoms with Crippen LogP contribution in [-0.4, -0.2) is 25.5 Å². The van der Waals surface area contributed by atoms with E-state index in [4.69, 9.17) is 0 Å². The van der Waals surface area contributed by atoms with E-state index in [1.54, 1.807) is 11.0 Å². The third kappa shape index (κ3) is 1.84. The third-order valence-corrected chi connectivity index (χ3v) is 2.98. The number of aliphatic hydroxyl groups is 1. The van der Waals surface area contributed by atoms with Gasteiger partial charge in [0, 0.05) is 6.42 Å². The average Bonchev–Trinajstić information content (AvgIpc) is 2.83. The van der Waals surface area contributed by atoms with Gasteiger partial charge in [-0.15, -0.1) is 0 Å². The van der Waals surface area contributed by atoms with Crippen molar-refractivity contribution in [2.45, 2.75) is 24.9 Å². The van der Waals surface area contributed by atoms with E-state index in [0.717, 1.165) is 24.9 Å². The van der Waals surface area contributed by atoms with Crippen LogP contribution in [0.2, 0.25) is 0 Å². The van der Waals surface area contributed by atoms with Crippen LogP contribution in [0.3, 0.4) is 0 Å². The van der Waals surface area contributed by atoms with E-state index in [9.17, 15) is 5.11 Å². The summed E-state index contributed by atoms with van der Waals surface area (Å²) in [5, 5.41) is 13.9. The lowest BCUT2D eigenvalue weighted by atomic mass is 10.1. The minimum absolute atomic E-state index is 0.422. The lowest BCUT2D eigenvalue weighted by Crippen LogP contribution is -2.10. The highest BCUT2D eigenvalue weighted by molar-refractivity contribution is 5.34. The summed E-state index contributed by atoms with van der Waals surface area (Å²) in [6, 6.07) is 8.06. The molecular weight excluding hydrogens is 202 g/mol. The molecule has 2 aromatic rings. The zero-order chi connectivity index (χ0) is 11.0. The summed E-state index contributed by atoms with van der Waals surface area (Å²) >= 11 is 0. The van der Waals surface area contributed by atoms with Gasteiger partial charge in [0.2, 0.25) is 0 Å². The van der Waals surface area contributed by atoms with E-state index in [-0.39, 0.29) is 0 Å². The molecule has 0 radical (unpaired) electrons. The summed E-state index contributed by atoms with van der Waals surface area (Å²) in [6.45, 7) is 0. The van der Waals surface area contributed by atoms with Crippen molar-refractivity contribution in [1.29, 1.82) is 0 Å². The molecular formula is C12H13N3O. The first kappa shape index (κ1) is 9.54. The highest BCUT2D eigenvalue weighted by Gasteiger charge is 2.39. The van der Waals surface area contributed by atoms with E-state index in [1.807, 2.05) is 24.3 Å². The van der Waals surface area contributed by atoms with Gasteiger partial charge in [0.05, 0.1) is 11.3 Å². The van der Waals surface area contributed by atoms with Crippen molar-refractivity contribution >= 4 is 0 Å². The predicted octanol–water partition coefficient (Wildman–Crippen LogP) is 1.33. The number of hydrogen-bond acceptors (Lipinski definition) is 3. The summed E-state index contributed by atoms with van der Waals surface area (Å²) in [6.07, 6.45) is 5.80. The second-order valence-electron chi connectivity index (χ2n) is 4.41. The smallest absolute Gasteiger partial charge is 0.138 e. The number of hydrogen-bond donors (Lipinski definition) is 1. The largest absolute Gasteiger partial charge is 0.390 e. The summed E-state index contributed by atoms with van der Waals surface area (Å²) in [5.74, 6) is 0. The molecule has 3 rings (SSSR count). The van der Waals surface area contributed by atoms with Gasteiger partial charge >= 0.3 is 0 Å². The standard InChI is InChI=1S/C12H13N3O/c16-12(5-6-12)7-10-1-3-11(4-2-10)15-9-13-8-14-15/h1-4,8-9,16H,5-7H2. The van der Waals surface area contributed by atoms with Crippen molar-refractivity contribution in [3.05, 3.63) is 42.5 Å². The van der Waals surface area contributed by atoms with Crippen molar-refractivity contribution < 1.29 is 5.11 Å². The van der Waals surface area contributed by atoms with Crippen LogP contribution >= 0.6 is 0 Å². The van der Waals surface area contributed by atoms with Crippen LogP contribution in [0.1, 0.15) is 18.4 Å². The molecule has 0 aliphatic heterocycles. The van der Waals surface area contributed by atoms with Gasteiger partial charge in [-0.05, 0) is 30.5 Å². The Bertz CT molecular complexity index is 471. The monoisotopic (exact) mass is 215 g/mol. The zero-order valence-electron chi connectivity index (χ0n) is 8.87. The fraction of sp³-hybridized carbons (Fsp3) is 0.333. The molecule has 0 saturated heterocycles. The maximum atomic E-state index is 9.81. The van der Waals surface area contributed by atoms with Gasteiger partial charge in [-0.1, -0.05) is 12.1 Å². The quantitative estimate of drug-likeness (QED) is 0.840. The molecule has 16 heavy (non-hydrogen) atoms. The molecule has 1 aliphatic rings. The Morgan fingerprint density at radius 2 is 2.00 bits per heavy atom. The third-order valence-electron chi connectivity index (χ3n) is 2.98. The van der Waals surface area contributed by atoms with Crippen molar-refractivity contribution in [1.82, 2.24) is 14.8 Å². The molecule has 1 aromatic heterocycles.